The fourth-order valence-corrected chi connectivity index (χ4v) is 4.67. The molecule has 35 heavy (non-hydrogen) atoms. The highest BCUT2D eigenvalue weighted by Gasteiger charge is 2.19. The topological polar surface area (TPSA) is 99.6 Å². The monoisotopic (exact) mass is 506 g/mol. The molecule has 4 N–H and O–H groups in total. The quantitative estimate of drug-likeness (QED) is 0.275. The van der Waals surface area contributed by atoms with E-state index in [0.717, 1.165) is 35.3 Å². The van der Waals surface area contributed by atoms with E-state index in [4.69, 9.17) is 28.9 Å². The summed E-state index contributed by atoms with van der Waals surface area (Å²) in [4.78, 5) is 8.64. The van der Waals surface area contributed by atoms with Gasteiger partial charge in [0.2, 0.25) is 0 Å². The van der Waals surface area contributed by atoms with Crippen molar-refractivity contribution in [1.82, 2.24) is 9.97 Å². The predicted molar refractivity (Wildman–Crippen MR) is 144 cm³/mol. The first-order valence-corrected chi connectivity index (χ1v) is 12.5. The molecule has 2 aromatic carbocycles. The van der Waals surface area contributed by atoms with Crippen molar-refractivity contribution in [3.8, 4) is 6.07 Å². The SMILES string of the molecule is Cc1cc(C(C#N)c2ccc(Cl)cc2)c(Cl)cc1Nc1ncnc(NCCC2=CCCCC2)c1N. The van der Waals surface area contributed by atoms with Crippen molar-refractivity contribution in [2.45, 2.75) is 44.9 Å². The fraction of sp³-hybridized carbons (Fsp3) is 0.296. The van der Waals surface area contributed by atoms with Crippen LogP contribution in [0, 0.1) is 18.3 Å². The van der Waals surface area contributed by atoms with Crippen molar-refractivity contribution in [3.63, 3.8) is 0 Å². The summed E-state index contributed by atoms with van der Waals surface area (Å²) in [6.07, 6.45) is 9.72. The van der Waals surface area contributed by atoms with Gasteiger partial charge in [-0.15, -0.1) is 0 Å². The normalized spacial score (nSPS) is 14.1. The number of nitrogen functional groups attached to an aromatic ring is 1. The molecule has 1 aliphatic rings. The van der Waals surface area contributed by atoms with Crippen LogP contribution < -0.4 is 16.4 Å². The molecule has 1 aromatic heterocycles. The molecule has 1 atom stereocenters. The molecule has 0 spiro atoms. The summed E-state index contributed by atoms with van der Waals surface area (Å²) in [5.41, 5.74) is 11.5. The molecular formula is C27H28Cl2N6. The van der Waals surface area contributed by atoms with E-state index >= 15 is 0 Å². The minimum absolute atomic E-state index is 0.445. The molecule has 180 valence electrons. The minimum Gasteiger partial charge on any atom is -0.393 e. The van der Waals surface area contributed by atoms with E-state index in [-0.39, 0.29) is 0 Å². The van der Waals surface area contributed by atoms with Gasteiger partial charge in [0.1, 0.15) is 12.0 Å². The Hall–Kier alpha value is -3.27. The maximum absolute atomic E-state index is 9.84. The lowest BCUT2D eigenvalue weighted by Gasteiger charge is -2.18. The van der Waals surface area contributed by atoms with Gasteiger partial charge < -0.3 is 16.4 Å². The lowest BCUT2D eigenvalue weighted by atomic mass is 9.91. The van der Waals surface area contributed by atoms with Gasteiger partial charge >= 0.3 is 0 Å². The average Bonchev–Trinajstić information content (AvgIpc) is 2.86. The molecule has 0 saturated heterocycles. The third-order valence-electron chi connectivity index (χ3n) is 6.25. The van der Waals surface area contributed by atoms with E-state index in [1.165, 1.54) is 37.6 Å². The summed E-state index contributed by atoms with van der Waals surface area (Å²) in [5.74, 6) is 0.596. The maximum atomic E-state index is 9.84. The molecular weight excluding hydrogens is 479 g/mol. The minimum atomic E-state index is -0.508. The fourth-order valence-electron chi connectivity index (χ4n) is 4.28. The van der Waals surface area contributed by atoms with Crippen molar-refractivity contribution in [3.05, 3.63) is 81.1 Å². The maximum Gasteiger partial charge on any atom is 0.159 e. The van der Waals surface area contributed by atoms with Gasteiger partial charge in [-0.3, -0.25) is 0 Å². The molecule has 3 aromatic rings. The molecule has 0 fully saturated rings. The number of hydrogen-bond acceptors (Lipinski definition) is 6. The second-order valence-corrected chi connectivity index (χ2v) is 9.54. The van der Waals surface area contributed by atoms with E-state index in [0.29, 0.717) is 27.4 Å². The first-order valence-electron chi connectivity index (χ1n) is 11.7. The summed E-state index contributed by atoms with van der Waals surface area (Å²) < 4.78 is 0. The Morgan fingerprint density at radius 1 is 1.11 bits per heavy atom. The zero-order valence-electron chi connectivity index (χ0n) is 19.6. The molecule has 6 nitrogen and oxygen atoms in total. The van der Waals surface area contributed by atoms with E-state index in [1.807, 2.05) is 25.1 Å². The van der Waals surface area contributed by atoms with Crippen LogP contribution in [0.1, 0.15) is 54.7 Å². The number of nitrogens with two attached hydrogens (primary N) is 1. The van der Waals surface area contributed by atoms with Crippen molar-refractivity contribution in [1.29, 1.82) is 5.26 Å². The molecule has 0 saturated carbocycles. The first-order chi connectivity index (χ1) is 17.0. The van der Waals surface area contributed by atoms with Crippen LogP contribution in [-0.2, 0) is 0 Å². The van der Waals surface area contributed by atoms with Gasteiger partial charge in [0.25, 0.3) is 0 Å². The molecule has 8 heteroatoms. The van der Waals surface area contributed by atoms with Gasteiger partial charge in [0, 0.05) is 22.3 Å². The molecule has 0 radical (unpaired) electrons. The van der Waals surface area contributed by atoms with Crippen LogP contribution in [0.5, 0.6) is 0 Å². The molecule has 0 bridgehead atoms. The second kappa shape index (κ2) is 11.4. The Bertz CT molecular complexity index is 1260. The summed E-state index contributed by atoms with van der Waals surface area (Å²) >= 11 is 12.6. The standard InChI is InChI=1S/C27H28Cl2N6/c1-17-13-21(22(15-30)19-7-9-20(28)10-8-19)23(29)14-24(17)35-27-25(31)26(33-16-34-27)32-12-11-18-5-3-2-4-6-18/h5,7-10,13-14,16,22H,2-4,6,11-12,31H2,1H3,(H2,32,33,34,35). The number of nitriles is 1. The summed E-state index contributed by atoms with van der Waals surface area (Å²) in [5, 5.41) is 17.6. The van der Waals surface area contributed by atoms with Gasteiger partial charge in [-0.1, -0.05) is 53.1 Å². The van der Waals surface area contributed by atoms with Gasteiger partial charge in [-0.25, -0.2) is 9.97 Å². The van der Waals surface area contributed by atoms with Gasteiger partial charge in [0.05, 0.1) is 12.0 Å². The van der Waals surface area contributed by atoms with Crippen LogP contribution >= 0.6 is 23.2 Å². The number of allylic oxidation sites excluding steroid dienone is 1. The van der Waals surface area contributed by atoms with Crippen LogP contribution in [0.15, 0.2) is 54.4 Å². The molecule has 4 rings (SSSR count). The number of nitrogens with zero attached hydrogens (tertiary/aromatic N) is 3. The summed E-state index contributed by atoms with van der Waals surface area (Å²) in [6, 6.07) is 13.3. The molecule has 1 unspecified atom stereocenters. The summed E-state index contributed by atoms with van der Waals surface area (Å²) in [6.45, 7) is 2.72. The lowest BCUT2D eigenvalue weighted by Crippen LogP contribution is -2.10. The Labute approximate surface area is 216 Å². The van der Waals surface area contributed by atoms with Crippen LogP contribution in [0.2, 0.25) is 10.0 Å². The predicted octanol–water partition coefficient (Wildman–Crippen LogP) is 7.38. The van der Waals surface area contributed by atoms with E-state index < -0.39 is 5.92 Å². The first kappa shape index (κ1) is 24.8. The Kier molecular flexibility index (Phi) is 8.12. The largest absolute Gasteiger partial charge is 0.393 e. The Balaban J connectivity index is 1.50. The number of aryl methyl sites for hydroxylation is 1. The zero-order chi connectivity index (χ0) is 24.8. The summed E-state index contributed by atoms with van der Waals surface area (Å²) in [7, 11) is 0. The smallest absolute Gasteiger partial charge is 0.159 e. The van der Waals surface area contributed by atoms with Crippen LogP contribution in [0.3, 0.4) is 0 Å². The molecule has 0 aliphatic heterocycles. The van der Waals surface area contributed by atoms with E-state index in [2.05, 4.69) is 32.7 Å². The van der Waals surface area contributed by atoms with Crippen LogP contribution in [0.4, 0.5) is 23.0 Å². The van der Waals surface area contributed by atoms with Crippen LogP contribution in [0.25, 0.3) is 0 Å². The Morgan fingerprint density at radius 2 is 1.89 bits per heavy atom. The van der Waals surface area contributed by atoms with Gasteiger partial charge in [0.15, 0.2) is 11.6 Å². The van der Waals surface area contributed by atoms with Crippen molar-refractivity contribution in [2.24, 2.45) is 0 Å². The van der Waals surface area contributed by atoms with Crippen molar-refractivity contribution >= 4 is 46.2 Å². The third kappa shape index (κ3) is 6.05. The highest BCUT2D eigenvalue weighted by atomic mass is 35.5. The molecule has 1 heterocycles. The van der Waals surface area contributed by atoms with Crippen molar-refractivity contribution in [2.75, 3.05) is 22.9 Å². The van der Waals surface area contributed by atoms with Crippen LogP contribution in [-0.4, -0.2) is 16.5 Å². The van der Waals surface area contributed by atoms with Gasteiger partial charge in [-0.05, 0) is 73.9 Å². The number of hydrogen-bond donors (Lipinski definition) is 3. The highest BCUT2D eigenvalue weighted by Crippen LogP contribution is 2.36. The zero-order valence-corrected chi connectivity index (χ0v) is 21.1. The van der Waals surface area contributed by atoms with Gasteiger partial charge in [-0.2, -0.15) is 5.26 Å². The lowest BCUT2D eigenvalue weighted by molar-refractivity contribution is 0.679. The van der Waals surface area contributed by atoms with E-state index in [9.17, 15) is 5.26 Å². The number of rotatable bonds is 8. The molecule has 1 aliphatic carbocycles. The highest BCUT2D eigenvalue weighted by molar-refractivity contribution is 6.32. The number of halogens is 2. The van der Waals surface area contributed by atoms with E-state index in [1.54, 1.807) is 18.2 Å². The molecule has 0 amide bonds. The third-order valence-corrected chi connectivity index (χ3v) is 6.83. The number of anilines is 4. The number of nitrogens with one attached hydrogen (secondary N) is 2. The Morgan fingerprint density at radius 3 is 2.60 bits per heavy atom. The second-order valence-electron chi connectivity index (χ2n) is 8.70. The average molecular weight is 507 g/mol. The van der Waals surface area contributed by atoms with Crippen molar-refractivity contribution < 1.29 is 0 Å². The number of benzene rings is 2. The number of aromatic nitrogens is 2.